The maximum absolute atomic E-state index is 12.4. The van der Waals surface area contributed by atoms with Gasteiger partial charge in [0, 0.05) is 27.1 Å². The summed E-state index contributed by atoms with van der Waals surface area (Å²) >= 11 is 0. The highest BCUT2D eigenvalue weighted by Gasteiger charge is 2.38. The van der Waals surface area contributed by atoms with E-state index in [1.54, 1.807) is 14.2 Å². The number of amides is 2. The van der Waals surface area contributed by atoms with Crippen LogP contribution in [0.2, 0.25) is 0 Å². The van der Waals surface area contributed by atoms with E-state index in [0.717, 1.165) is 0 Å². The predicted octanol–water partition coefficient (Wildman–Crippen LogP) is 0.771. The summed E-state index contributed by atoms with van der Waals surface area (Å²) in [7, 11) is 3.25. The van der Waals surface area contributed by atoms with Crippen LogP contribution in [0.25, 0.3) is 0 Å². The molecule has 8 nitrogen and oxygen atoms in total. The van der Waals surface area contributed by atoms with Crippen molar-refractivity contribution in [3.05, 3.63) is 0 Å². The Hall–Kier alpha value is -1.22. The standard InChI is InChI=1S/C19H34N2O6/c1-10-7-14(24-5)18(12(3)26-10)20-16(22)9-17(23)21-19-13(4)27-11(2)8-15(19)25-6/h10-15,18-19H,7-9H2,1-6H3,(H,20,22)(H,21,23)/t10-,11-,12-,13-,14-,15-,18+,19+/m0/s1. The molecule has 0 aromatic rings. The lowest BCUT2D eigenvalue weighted by atomic mass is 9.96. The first-order valence-corrected chi connectivity index (χ1v) is 9.70. The van der Waals surface area contributed by atoms with Crippen LogP contribution in [0.4, 0.5) is 0 Å². The summed E-state index contributed by atoms with van der Waals surface area (Å²) in [6.45, 7) is 7.76. The van der Waals surface area contributed by atoms with E-state index in [1.807, 2.05) is 27.7 Å². The van der Waals surface area contributed by atoms with E-state index in [9.17, 15) is 9.59 Å². The van der Waals surface area contributed by atoms with E-state index in [2.05, 4.69) is 10.6 Å². The van der Waals surface area contributed by atoms with Crippen molar-refractivity contribution in [2.24, 2.45) is 0 Å². The molecular formula is C19H34N2O6. The Bertz CT molecular complexity index is 472. The minimum Gasteiger partial charge on any atom is -0.379 e. The van der Waals surface area contributed by atoms with Crippen molar-refractivity contribution in [1.29, 1.82) is 0 Å². The number of methoxy groups -OCH3 is 2. The lowest BCUT2D eigenvalue weighted by molar-refractivity contribution is -0.143. The van der Waals surface area contributed by atoms with E-state index in [-0.39, 0.29) is 66.9 Å². The highest BCUT2D eigenvalue weighted by Crippen LogP contribution is 2.23. The molecule has 2 aliphatic rings. The molecule has 2 heterocycles. The highest BCUT2D eigenvalue weighted by molar-refractivity contribution is 5.97. The fraction of sp³-hybridized carbons (Fsp3) is 0.895. The molecule has 0 spiro atoms. The first-order chi connectivity index (χ1) is 12.7. The SMILES string of the molecule is CO[C@H]1C[C@H](C)O[C@@H](C)[C@H]1NC(=O)CC(=O)N[C@@H]1[C@H](C)O[C@@H](C)C[C@@H]1OC. The second kappa shape index (κ2) is 9.82. The van der Waals surface area contributed by atoms with Crippen LogP contribution in [-0.4, -0.2) is 74.7 Å². The molecule has 8 heteroatoms. The van der Waals surface area contributed by atoms with Gasteiger partial charge in [-0.15, -0.1) is 0 Å². The van der Waals surface area contributed by atoms with Crippen LogP contribution in [-0.2, 0) is 28.5 Å². The van der Waals surface area contributed by atoms with Crippen molar-refractivity contribution in [3.8, 4) is 0 Å². The lowest BCUT2D eigenvalue weighted by Crippen LogP contribution is -2.58. The second-order valence-electron chi connectivity index (χ2n) is 7.69. The Labute approximate surface area is 161 Å². The molecule has 8 atom stereocenters. The summed E-state index contributed by atoms with van der Waals surface area (Å²) in [5.41, 5.74) is 0. The molecule has 0 unspecified atom stereocenters. The van der Waals surface area contributed by atoms with Crippen molar-refractivity contribution in [1.82, 2.24) is 10.6 Å². The maximum Gasteiger partial charge on any atom is 0.229 e. The summed E-state index contributed by atoms with van der Waals surface area (Å²) in [6, 6.07) is -0.563. The minimum absolute atomic E-state index is 0.0718. The molecule has 27 heavy (non-hydrogen) atoms. The van der Waals surface area contributed by atoms with Crippen LogP contribution < -0.4 is 10.6 Å². The number of hydrogen-bond acceptors (Lipinski definition) is 6. The van der Waals surface area contributed by atoms with Crippen molar-refractivity contribution in [2.75, 3.05) is 14.2 Å². The quantitative estimate of drug-likeness (QED) is 0.655. The Morgan fingerprint density at radius 2 is 1.19 bits per heavy atom. The third-order valence-electron chi connectivity index (χ3n) is 5.42. The zero-order valence-electron chi connectivity index (χ0n) is 17.2. The van der Waals surface area contributed by atoms with E-state index in [0.29, 0.717) is 12.8 Å². The average molecular weight is 386 g/mol. The number of carbonyl (C=O) groups excluding carboxylic acids is 2. The smallest absolute Gasteiger partial charge is 0.229 e. The monoisotopic (exact) mass is 386 g/mol. The van der Waals surface area contributed by atoms with Gasteiger partial charge in [0.15, 0.2) is 0 Å². The van der Waals surface area contributed by atoms with Gasteiger partial charge >= 0.3 is 0 Å². The van der Waals surface area contributed by atoms with E-state index < -0.39 is 0 Å². The number of rotatable bonds is 6. The molecule has 2 saturated heterocycles. The molecule has 156 valence electrons. The van der Waals surface area contributed by atoms with Crippen LogP contribution in [0, 0.1) is 0 Å². The lowest BCUT2D eigenvalue weighted by Gasteiger charge is -2.40. The molecule has 2 amide bonds. The molecule has 0 aliphatic carbocycles. The number of ether oxygens (including phenoxy) is 4. The highest BCUT2D eigenvalue weighted by atomic mass is 16.5. The van der Waals surface area contributed by atoms with Gasteiger partial charge in [-0.3, -0.25) is 9.59 Å². The summed E-state index contributed by atoms with van der Waals surface area (Å²) in [5, 5.41) is 5.78. The maximum atomic E-state index is 12.4. The number of nitrogens with one attached hydrogen (secondary N) is 2. The average Bonchev–Trinajstić information content (AvgIpc) is 2.58. The Kier molecular flexibility index (Phi) is 8.03. The van der Waals surface area contributed by atoms with E-state index in [1.165, 1.54) is 0 Å². The molecule has 0 aromatic heterocycles. The van der Waals surface area contributed by atoms with Gasteiger partial charge in [0.1, 0.15) is 6.42 Å². The summed E-state index contributed by atoms with van der Waals surface area (Å²) in [4.78, 5) is 24.8. The zero-order valence-corrected chi connectivity index (χ0v) is 17.2. The van der Waals surface area contributed by atoms with Crippen LogP contribution in [0.1, 0.15) is 47.0 Å². The van der Waals surface area contributed by atoms with Gasteiger partial charge in [-0.25, -0.2) is 0 Å². The minimum atomic E-state index is -0.351. The third kappa shape index (κ3) is 5.88. The Morgan fingerprint density at radius 1 is 0.815 bits per heavy atom. The van der Waals surface area contributed by atoms with Crippen molar-refractivity contribution >= 4 is 11.8 Å². The Morgan fingerprint density at radius 3 is 1.52 bits per heavy atom. The first-order valence-electron chi connectivity index (χ1n) is 9.70. The van der Waals surface area contributed by atoms with Gasteiger partial charge in [-0.05, 0) is 27.7 Å². The number of carbonyl (C=O) groups is 2. The van der Waals surface area contributed by atoms with Crippen molar-refractivity contribution < 1.29 is 28.5 Å². The van der Waals surface area contributed by atoms with Gasteiger partial charge < -0.3 is 29.6 Å². The van der Waals surface area contributed by atoms with E-state index in [4.69, 9.17) is 18.9 Å². The molecule has 0 saturated carbocycles. The molecule has 2 rings (SSSR count). The van der Waals surface area contributed by atoms with Gasteiger partial charge in [0.25, 0.3) is 0 Å². The van der Waals surface area contributed by atoms with E-state index >= 15 is 0 Å². The van der Waals surface area contributed by atoms with Crippen LogP contribution in [0.3, 0.4) is 0 Å². The zero-order chi connectivity index (χ0) is 20.1. The summed E-state index contributed by atoms with van der Waals surface area (Å²) in [5.74, 6) is -0.701. The molecule has 0 aromatic carbocycles. The summed E-state index contributed by atoms with van der Waals surface area (Å²) in [6.07, 6.45) is 0.637. The van der Waals surface area contributed by atoms with Crippen LogP contribution in [0.5, 0.6) is 0 Å². The molecule has 2 N–H and O–H groups in total. The molecular weight excluding hydrogens is 352 g/mol. The fourth-order valence-corrected chi connectivity index (χ4v) is 4.09. The van der Waals surface area contributed by atoms with Crippen molar-refractivity contribution in [2.45, 2.75) is 95.7 Å². The number of hydrogen-bond donors (Lipinski definition) is 2. The second-order valence-corrected chi connectivity index (χ2v) is 7.69. The topological polar surface area (TPSA) is 95.1 Å². The van der Waals surface area contributed by atoms with Crippen molar-refractivity contribution in [3.63, 3.8) is 0 Å². The third-order valence-corrected chi connectivity index (χ3v) is 5.42. The molecule has 2 aliphatic heterocycles. The molecule has 0 bridgehead atoms. The fourth-order valence-electron chi connectivity index (χ4n) is 4.09. The van der Waals surface area contributed by atoms with Gasteiger partial charge in [0.05, 0.1) is 48.7 Å². The molecule has 2 fully saturated rings. The first kappa shape index (κ1) is 22.1. The van der Waals surface area contributed by atoms with Gasteiger partial charge in [-0.2, -0.15) is 0 Å². The molecule has 0 radical (unpaired) electrons. The Balaban J connectivity index is 1.88. The predicted molar refractivity (Wildman–Crippen MR) is 99.3 cm³/mol. The largest absolute Gasteiger partial charge is 0.379 e. The van der Waals surface area contributed by atoms with Crippen LogP contribution in [0.15, 0.2) is 0 Å². The van der Waals surface area contributed by atoms with Crippen LogP contribution >= 0.6 is 0 Å². The van der Waals surface area contributed by atoms with Gasteiger partial charge in [0.2, 0.25) is 11.8 Å². The normalized spacial score (nSPS) is 39.6. The summed E-state index contributed by atoms with van der Waals surface area (Å²) < 4.78 is 22.6. The van der Waals surface area contributed by atoms with Gasteiger partial charge in [-0.1, -0.05) is 0 Å².